The zero-order chi connectivity index (χ0) is 9.97. The summed E-state index contributed by atoms with van der Waals surface area (Å²) in [5.41, 5.74) is 0.948. The summed E-state index contributed by atoms with van der Waals surface area (Å²) in [6.45, 7) is 0.516. The summed E-state index contributed by atoms with van der Waals surface area (Å²) in [6, 6.07) is 7.64. The highest BCUT2D eigenvalue weighted by Gasteiger charge is 2.18. The monoisotopic (exact) mass is 255 g/mol. The molecule has 1 aliphatic heterocycles. The van der Waals surface area contributed by atoms with Crippen molar-refractivity contribution in [1.29, 1.82) is 0 Å². The number of aliphatic imine (C=N–C) groups is 1. The molecule has 74 valence electrons. The predicted molar refractivity (Wildman–Crippen MR) is 57.5 cm³/mol. The highest BCUT2D eigenvalue weighted by molar-refractivity contribution is 9.10. The molecule has 3 nitrogen and oxygen atoms in total. The van der Waals surface area contributed by atoms with Crippen LogP contribution in [0, 0.1) is 0 Å². The van der Waals surface area contributed by atoms with Gasteiger partial charge in [-0.1, -0.05) is 15.9 Å². The van der Waals surface area contributed by atoms with E-state index in [0.29, 0.717) is 12.5 Å². The summed E-state index contributed by atoms with van der Waals surface area (Å²) in [5.74, 6) is 0.622. The van der Waals surface area contributed by atoms with Gasteiger partial charge in [0.2, 0.25) is 5.90 Å². The Morgan fingerprint density at radius 3 is 2.71 bits per heavy atom. The maximum Gasteiger partial charge on any atom is 0.216 e. The topological polar surface area (TPSA) is 41.8 Å². The zero-order valence-electron chi connectivity index (χ0n) is 7.48. The molecule has 0 saturated carbocycles. The van der Waals surface area contributed by atoms with Crippen molar-refractivity contribution in [2.24, 2.45) is 4.99 Å². The quantitative estimate of drug-likeness (QED) is 0.872. The van der Waals surface area contributed by atoms with Crippen LogP contribution in [0.15, 0.2) is 33.7 Å². The highest BCUT2D eigenvalue weighted by Crippen LogP contribution is 2.15. The number of rotatable bonds is 2. The Hall–Kier alpha value is -0.870. The van der Waals surface area contributed by atoms with Crippen LogP contribution in [0.4, 0.5) is 0 Å². The van der Waals surface area contributed by atoms with Crippen LogP contribution < -0.4 is 0 Å². The molecule has 0 spiro atoms. The lowest BCUT2D eigenvalue weighted by Gasteiger charge is -2.00. The average molecular weight is 256 g/mol. The number of halogens is 1. The minimum absolute atomic E-state index is 0.0417. The minimum Gasteiger partial charge on any atom is -0.475 e. The molecule has 1 heterocycles. The molecule has 14 heavy (non-hydrogen) atoms. The van der Waals surface area contributed by atoms with Crippen molar-refractivity contribution >= 4 is 21.8 Å². The van der Waals surface area contributed by atoms with Gasteiger partial charge in [0.25, 0.3) is 0 Å². The molecule has 0 aromatic heterocycles. The summed E-state index contributed by atoms with van der Waals surface area (Å²) in [6.07, 6.45) is 0. The van der Waals surface area contributed by atoms with Gasteiger partial charge in [0.15, 0.2) is 0 Å². The van der Waals surface area contributed by atoms with Crippen molar-refractivity contribution in [3.63, 3.8) is 0 Å². The van der Waals surface area contributed by atoms with Crippen molar-refractivity contribution in [2.45, 2.75) is 6.04 Å². The molecule has 1 unspecified atom stereocenters. The highest BCUT2D eigenvalue weighted by atomic mass is 79.9. The molecular weight excluding hydrogens is 246 g/mol. The van der Waals surface area contributed by atoms with Gasteiger partial charge in [-0.15, -0.1) is 0 Å². The fraction of sp³-hybridized carbons (Fsp3) is 0.300. The van der Waals surface area contributed by atoms with E-state index in [1.54, 1.807) is 0 Å². The third-order valence-corrected chi connectivity index (χ3v) is 2.54. The molecule has 1 aromatic carbocycles. The van der Waals surface area contributed by atoms with Crippen LogP contribution in [-0.2, 0) is 4.74 Å². The van der Waals surface area contributed by atoms with Crippen molar-refractivity contribution in [1.82, 2.24) is 0 Å². The van der Waals surface area contributed by atoms with Crippen LogP contribution in [-0.4, -0.2) is 30.3 Å². The van der Waals surface area contributed by atoms with Crippen molar-refractivity contribution in [3.05, 3.63) is 34.3 Å². The second-order valence-electron chi connectivity index (χ2n) is 3.09. The molecule has 2 rings (SSSR count). The van der Waals surface area contributed by atoms with E-state index >= 15 is 0 Å². The summed E-state index contributed by atoms with van der Waals surface area (Å²) in [4.78, 5) is 4.24. The lowest BCUT2D eigenvalue weighted by molar-refractivity contribution is 0.227. The Bertz CT molecular complexity index is 348. The SMILES string of the molecule is OCC1COC(c2ccc(Br)cc2)=N1. The van der Waals surface area contributed by atoms with E-state index in [-0.39, 0.29) is 12.6 Å². The van der Waals surface area contributed by atoms with Crippen LogP contribution >= 0.6 is 15.9 Å². The van der Waals surface area contributed by atoms with E-state index in [1.807, 2.05) is 24.3 Å². The van der Waals surface area contributed by atoms with E-state index in [9.17, 15) is 0 Å². The first kappa shape index (κ1) is 9.68. The summed E-state index contributed by atoms with van der Waals surface area (Å²) in [5, 5.41) is 8.88. The fourth-order valence-electron chi connectivity index (χ4n) is 1.26. The molecule has 1 aromatic rings. The average Bonchev–Trinajstić information content (AvgIpc) is 2.67. The molecule has 0 bridgehead atoms. The smallest absolute Gasteiger partial charge is 0.216 e. The second-order valence-corrected chi connectivity index (χ2v) is 4.00. The Labute approximate surface area is 90.6 Å². The van der Waals surface area contributed by atoms with Gasteiger partial charge in [-0.05, 0) is 24.3 Å². The molecule has 0 amide bonds. The number of ether oxygens (including phenoxy) is 1. The van der Waals surface area contributed by atoms with Gasteiger partial charge in [-0.25, -0.2) is 4.99 Å². The predicted octanol–water partition coefficient (Wildman–Crippen LogP) is 1.59. The van der Waals surface area contributed by atoms with E-state index in [2.05, 4.69) is 20.9 Å². The molecule has 0 aliphatic carbocycles. The lowest BCUT2D eigenvalue weighted by Crippen LogP contribution is -2.10. The molecular formula is C10H10BrNO2. The fourth-order valence-corrected chi connectivity index (χ4v) is 1.52. The van der Waals surface area contributed by atoms with Gasteiger partial charge in [0.05, 0.1) is 6.61 Å². The van der Waals surface area contributed by atoms with Crippen LogP contribution in [0.2, 0.25) is 0 Å². The van der Waals surface area contributed by atoms with Crippen LogP contribution in [0.1, 0.15) is 5.56 Å². The standard InChI is InChI=1S/C10H10BrNO2/c11-8-3-1-7(2-4-8)10-12-9(5-13)6-14-10/h1-4,9,13H,5-6H2. The Morgan fingerprint density at radius 1 is 1.43 bits per heavy atom. The summed E-state index contributed by atoms with van der Waals surface area (Å²) >= 11 is 3.36. The maximum atomic E-state index is 8.88. The Morgan fingerprint density at radius 2 is 2.14 bits per heavy atom. The molecule has 1 aliphatic rings. The van der Waals surface area contributed by atoms with Crippen LogP contribution in [0.5, 0.6) is 0 Å². The maximum absolute atomic E-state index is 8.88. The second kappa shape index (κ2) is 4.11. The third-order valence-electron chi connectivity index (χ3n) is 2.01. The normalized spacial score (nSPS) is 20.4. The van der Waals surface area contributed by atoms with Gasteiger partial charge in [0, 0.05) is 10.0 Å². The number of hydrogen-bond donors (Lipinski definition) is 1. The number of hydrogen-bond acceptors (Lipinski definition) is 3. The van der Waals surface area contributed by atoms with Gasteiger partial charge in [-0.2, -0.15) is 0 Å². The third kappa shape index (κ3) is 1.96. The number of aliphatic hydroxyl groups excluding tert-OH is 1. The van der Waals surface area contributed by atoms with Gasteiger partial charge in [-0.3, -0.25) is 0 Å². The molecule has 1 atom stereocenters. The molecule has 0 radical (unpaired) electrons. The zero-order valence-corrected chi connectivity index (χ0v) is 9.07. The van der Waals surface area contributed by atoms with Crippen molar-refractivity contribution in [2.75, 3.05) is 13.2 Å². The van der Waals surface area contributed by atoms with Crippen molar-refractivity contribution in [3.8, 4) is 0 Å². The number of aliphatic hydroxyl groups is 1. The lowest BCUT2D eigenvalue weighted by atomic mass is 10.2. The largest absolute Gasteiger partial charge is 0.475 e. The minimum atomic E-state index is -0.103. The summed E-state index contributed by atoms with van der Waals surface area (Å²) < 4.78 is 6.38. The van der Waals surface area contributed by atoms with Crippen LogP contribution in [0.25, 0.3) is 0 Å². The Kier molecular flexibility index (Phi) is 2.84. The molecule has 1 N–H and O–H groups in total. The van der Waals surface area contributed by atoms with E-state index in [0.717, 1.165) is 10.0 Å². The number of benzene rings is 1. The van der Waals surface area contributed by atoms with E-state index in [4.69, 9.17) is 9.84 Å². The Balaban J connectivity index is 2.20. The van der Waals surface area contributed by atoms with E-state index < -0.39 is 0 Å². The van der Waals surface area contributed by atoms with Gasteiger partial charge in [0.1, 0.15) is 12.6 Å². The van der Waals surface area contributed by atoms with Gasteiger partial charge >= 0.3 is 0 Å². The van der Waals surface area contributed by atoms with Crippen molar-refractivity contribution < 1.29 is 9.84 Å². The molecule has 4 heteroatoms. The van der Waals surface area contributed by atoms with Gasteiger partial charge < -0.3 is 9.84 Å². The molecule has 0 saturated heterocycles. The van der Waals surface area contributed by atoms with E-state index in [1.165, 1.54) is 0 Å². The molecule has 0 fully saturated rings. The van der Waals surface area contributed by atoms with Crippen LogP contribution in [0.3, 0.4) is 0 Å². The number of nitrogens with zero attached hydrogens (tertiary/aromatic N) is 1. The summed E-state index contributed by atoms with van der Waals surface area (Å²) in [7, 11) is 0. The first-order chi connectivity index (χ1) is 6.79. The first-order valence-corrected chi connectivity index (χ1v) is 5.16. The first-order valence-electron chi connectivity index (χ1n) is 4.37.